The standard InChI is InChI=1S/C18H20F2N2/c1-4-6-18(10-12(18)3)13-9-15(19)22-17(20)16(13)14-8-11(2)5-7-21-14/h4-8,12-13H,9-10H2,1-3H3. The van der Waals surface area contributed by atoms with Crippen molar-refractivity contribution < 1.29 is 8.78 Å². The highest BCUT2D eigenvalue weighted by atomic mass is 19.1. The quantitative estimate of drug-likeness (QED) is 0.568. The lowest BCUT2D eigenvalue weighted by Gasteiger charge is -2.29. The van der Waals surface area contributed by atoms with Gasteiger partial charge in [0.2, 0.25) is 5.95 Å². The average molecular weight is 302 g/mol. The molecule has 116 valence electrons. The molecule has 0 saturated heterocycles. The normalized spacial score (nSPS) is 31.6. The Kier molecular flexibility index (Phi) is 3.71. The number of hydrogen-bond donors (Lipinski definition) is 0. The monoisotopic (exact) mass is 302 g/mol. The van der Waals surface area contributed by atoms with Crippen LogP contribution in [-0.4, -0.2) is 10.9 Å². The van der Waals surface area contributed by atoms with Gasteiger partial charge in [-0.1, -0.05) is 19.1 Å². The first-order chi connectivity index (χ1) is 10.5. The summed E-state index contributed by atoms with van der Waals surface area (Å²) < 4.78 is 28.3. The zero-order chi connectivity index (χ0) is 15.9. The third-order valence-electron chi connectivity index (χ3n) is 4.90. The number of hydrogen-bond acceptors (Lipinski definition) is 2. The molecule has 2 aliphatic rings. The second-order valence-electron chi connectivity index (χ2n) is 6.39. The highest BCUT2D eigenvalue weighted by Gasteiger charge is 2.57. The minimum atomic E-state index is -0.727. The highest BCUT2D eigenvalue weighted by molar-refractivity contribution is 5.85. The van der Waals surface area contributed by atoms with E-state index in [1.165, 1.54) is 0 Å². The van der Waals surface area contributed by atoms with Crippen LogP contribution in [0.15, 0.2) is 41.4 Å². The van der Waals surface area contributed by atoms with E-state index in [1.807, 2.05) is 32.1 Å². The van der Waals surface area contributed by atoms with Gasteiger partial charge in [-0.15, -0.1) is 0 Å². The van der Waals surface area contributed by atoms with E-state index in [2.05, 4.69) is 23.0 Å². The van der Waals surface area contributed by atoms with Gasteiger partial charge in [0.15, 0.2) is 5.97 Å². The van der Waals surface area contributed by atoms with Gasteiger partial charge in [0.05, 0.1) is 5.69 Å². The Morgan fingerprint density at radius 3 is 2.68 bits per heavy atom. The van der Waals surface area contributed by atoms with Gasteiger partial charge in [-0.05, 0) is 49.3 Å². The SMILES string of the molecule is CC=CC1(C2CC(F)=NC(F)=C2c2cc(C)ccn2)CC1C. The molecule has 0 amide bonds. The van der Waals surface area contributed by atoms with Crippen LogP contribution in [0.25, 0.3) is 5.57 Å². The largest absolute Gasteiger partial charge is 0.256 e. The summed E-state index contributed by atoms with van der Waals surface area (Å²) >= 11 is 0. The lowest BCUT2D eigenvalue weighted by atomic mass is 9.76. The molecule has 1 aromatic heterocycles. The Labute approximate surface area is 129 Å². The summed E-state index contributed by atoms with van der Waals surface area (Å²) in [5.41, 5.74) is 1.84. The molecule has 0 spiro atoms. The molecule has 3 rings (SSSR count). The molecule has 2 nitrogen and oxygen atoms in total. The van der Waals surface area contributed by atoms with Crippen LogP contribution in [0.5, 0.6) is 0 Å². The van der Waals surface area contributed by atoms with Crippen molar-refractivity contribution in [3.63, 3.8) is 0 Å². The van der Waals surface area contributed by atoms with Gasteiger partial charge in [-0.25, -0.2) is 0 Å². The third kappa shape index (κ3) is 2.40. The topological polar surface area (TPSA) is 25.2 Å². The Hall–Kier alpha value is -1.84. The molecule has 2 heterocycles. The molecule has 0 radical (unpaired) electrons. The molecule has 1 aliphatic heterocycles. The van der Waals surface area contributed by atoms with Gasteiger partial charge in [-0.3, -0.25) is 4.98 Å². The molecule has 0 aromatic carbocycles. The van der Waals surface area contributed by atoms with E-state index < -0.39 is 11.9 Å². The molecule has 0 bridgehead atoms. The van der Waals surface area contributed by atoms with E-state index in [4.69, 9.17) is 0 Å². The first-order valence-electron chi connectivity index (χ1n) is 7.67. The van der Waals surface area contributed by atoms with Crippen molar-refractivity contribution >= 4 is 11.5 Å². The van der Waals surface area contributed by atoms with Gasteiger partial charge in [0.25, 0.3) is 0 Å². The van der Waals surface area contributed by atoms with Gasteiger partial charge in [0, 0.05) is 24.1 Å². The van der Waals surface area contributed by atoms with Gasteiger partial charge >= 0.3 is 0 Å². The van der Waals surface area contributed by atoms with Crippen LogP contribution in [0.2, 0.25) is 0 Å². The van der Waals surface area contributed by atoms with E-state index in [1.54, 1.807) is 6.20 Å². The van der Waals surface area contributed by atoms with E-state index in [-0.39, 0.29) is 17.8 Å². The van der Waals surface area contributed by atoms with Crippen molar-refractivity contribution in [2.45, 2.75) is 33.6 Å². The summed E-state index contributed by atoms with van der Waals surface area (Å²) in [4.78, 5) is 7.75. The molecule has 22 heavy (non-hydrogen) atoms. The first kappa shape index (κ1) is 15.1. The number of aromatic nitrogens is 1. The predicted molar refractivity (Wildman–Crippen MR) is 84.7 cm³/mol. The van der Waals surface area contributed by atoms with Crippen LogP contribution in [0.4, 0.5) is 8.78 Å². The molecule has 0 N–H and O–H groups in total. The van der Waals surface area contributed by atoms with Crippen molar-refractivity contribution in [3.05, 3.63) is 47.7 Å². The van der Waals surface area contributed by atoms with Crippen LogP contribution >= 0.6 is 0 Å². The number of halogens is 2. The molecule has 1 aliphatic carbocycles. The fourth-order valence-corrected chi connectivity index (χ4v) is 3.67. The molecule has 3 atom stereocenters. The maximum atomic E-state index is 14.5. The summed E-state index contributed by atoms with van der Waals surface area (Å²) in [6, 6.07) is 3.71. The van der Waals surface area contributed by atoms with E-state index in [0.29, 0.717) is 17.2 Å². The van der Waals surface area contributed by atoms with Crippen LogP contribution < -0.4 is 0 Å². The first-order valence-corrected chi connectivity index (χ1v) is 7.67. The fraction of sp³-hybridized carbons (Fsp3) is 0.444. The smallest absolute Gasteiger partial charge is 0.220 e. The number of nitrogens with zero attached hydrogens (tertiary/aromatic N) is 2. The summed E-state index contributed by atoms with van der Waals surface area (Å²) in [6.07, 6.45) is 6.83. The molecule has 3 unspecified atom stereocenters. The number of aliphatic imine (C=N–C) groups is 1. The van der Waals surface area contributed by atoms with Crippen molar-refractivity contribution in [3.8, 4) is 0 Å². The van der Waals surface area contributed by atoms with Crippen molar-refractivity contribution in [1.29, 1.82) is 0 Å². The Balaban J connectivity index is 2.12. The summed E-state index contributed by atoms with van der Waals surface area (Å²) in [5.74, 6) is -1.19. The summed E-state index contributed by atoms with van der Waals surface area (Å²) in [6.45, 7) is 6.01. The van der Waals surface area contributed by atoms with E-state index in [0.717, 1.165) is 12.0 Å². The summed E-state index contributed by atoms with van der Waals surface area (Å²) in [7, 11) is 0. The fourth-order valence-electron chi connectivity index (χ4n) is 3.67. The van der Waals surface area contributed by atoms with Gasteiger partial charge < -0.3 is 0 Å². The minimum absolute atomic E-state index is 0.146. The van der Waals surface area contributed by atoms with Crippen LogP contribution in [0.1, 0.15) is 37.9 Å². The highest BCUT2D eigenvalue weighted by Crippen LogP contribution is 2.64. The van der Waals surface area contributed by atoms with Crippen molar-refractivity contribution in [2.24, 2.45) is 22.2 Å². The zero-order valence-electron chi connectivity index (χ0n) is 13.1. The lowest BCUT2D eigenvalue weighted by molar-refractivity contribution is 0.420. The number of pyridine rings is 1. The second kappa shape index (κ2) is 5.41. The van der Waals surface area contributed by atoms with Crippen LogP contribution in [0, 0.1) is 24.2 Å². The molecule has 1 aromatic rings. The Morgan fingerprint density at radius 1 is 1.36 bits per heavy atom. The van der Waals surface area contributed by atoms with Crippen molar-refractivity contribution in [2.75, 3.05) is 0 Å². The van der Waals surface area contributed by atoms with Gasteiger partial charge in [0.1, 0.15) is 0 Å². The average Bonchev–Trinajstić information content (AvgIpc) is 3.09. The molecule has 4 heteroatoms. The maximum Gasteiger partial charge on any atom is 0.220 e. The van der Waals surface area contributed by atoms with E-state index in [9.17, 15) is 8.78 Å². The Bertz CT molecular complexity index is 690. The van der Waals surface area contributed by atoms with E-state index >= 15 is 0 Å². The van der Waals surface area contributed by atoms with Crippen LogP contribution in [0.3, 0.4) is 0 Å². The molecule has 1 saturated carbocycles. The third-order valence-corrected chi connectivity index (χ3v) is 4.90. The number of allylic oxidation sites excluding steroid dienone is 3. The van der Waals surface area contributed by atoms with Gasteiger partial charge in [-0.2, -0.15) is 13.8 Å². The Morgan fingerprint density at radius 2 is 2.09 bits per heavy atom. The second-order valence-corrected chi connectivity index (χ2v) is 6.39. The van der Waals surface area contributed by atoms with Crippen LogP contribution in [-0.2, 0) is 0 Å². The lowest BCUT2D eigenvalue weighted by Crippen LogP contribution is -2.24. The predicted octanol–water partition coefficient (Wildman–Crippen LogP) is 5.02. The molecular weight excluding hydrogens is 282 g/mol. The summed E-state index contributed by atoms with van der Waals surface area (Å²) in [5, 5.41) is 0. The zero-order valence-corrected chi connectivity index (χ0v) is 13.1. The molecule has 1 fully saturated rings. The molecular formula is C18H20F2N2. The van der Waals surface area contributed by atoms with Crippen molar-refractivity contribution in [1.82, 2.24) is 4.98 Å². The minimum Gasteiger partial charge on any atom is -0.256 e. The number of aryl methyl sites for hydroxylation is 1. The maximum absolute atomic E-state index is 14.5. The number of rotatable bonds is 3.